The maximum atomic E-state index is 6.34. The summed E-state index contributed by atoms with van der Waals surface area (Å²) in [6.07, 6.45) is 0. The molecule has 11 aromatic rings. The van der Waals surface area contributed by atoms with Crippen LogP contribution in [0.15, 0.2) is 162 Å². The summed E-state index contributed by atoms with van der Waals surface area (Å²) in [6.45, 7) is 0. The number of benzene rings is 9. The van der Waals surface area contributed by atoms with E-state index in [1.165, 1.54) is 54.2 Å². The van der Waals surface area contributed by atoms with Gasteiger partial charge in [-0.1, -0.05) is 133 Å². The topological polar surface area (TPSA) is 38.9 Å². The van der Waals surface area contributed by atoms with Crippen molar-refractivity contribution < 1.29 is 4.42 Å². The van der Waals surface area contributed by atoms with E-state index in [1.54, 1.807) is 0 Å². The Morgan fingerprint density at radius 3 is 1.31 bits per heavy atom. The van der Waals surface area contributed by atoms with Crippen LogP contribution in [0, 0.1) is 0 Å². The number of fused-ring (bicyclic) bond motifs is 15. The number of furan rings is 1. The summed E-state index contributed by atoms with van der Waals surface area (Å²) in [5.41, 5.74) is 8.52. The van der Waals surface area contributed by atoms with Crippen LogP contribution < -0.4 is 0 Å². The Kier molecular flexibility index (Phi) is 5.38. The van der Waals surface area contributed by atoms with Gasteiger partial charge in [-0.3, -0.25) is 0 Å². The third-order valence-corrected chi connectivity index (χ3v) is 10.2. The highest BCUT2D eigenvalue weighted by Crippen LogP contribution is 2.40. The van der Waals surface area contributed by atoms with E-state index in [2.05, 4.69) is 158 Å². The van der Waals surface area contributed by atoms with Gasteiger partial charge in [0.15, 0.2) is 0 Å². The molecule has 0 spiro atoms. The largest absolute Gasteiger partial charge is 0.436 e. The lowest BCUT2D eigenvalue weighted by Gasteiger charge is -2.12. The number of hydrogen-bond acceptors (Lipinski definition) is 3. The summed E-state index contributed by atoms with van der Waals surface area (Å²) in [5, 5.41) is 13.2. The summed E-state index contributed by atoms with van der Waals surface area (Å²) in [5.74, 6) is 0. The first-order chi connectivity index (χ1) is 24.3. The van der Waals surface area contributed by atoms with Crippen LogP contribution in [0.25, 0.3) is 109 Å². The van der Waals surface area contributed by atoms with E-state index in [0.29, 0.717) is 5.71 Å². The summed E-state index contributed by atoms with van der Waals surface area (Å²) < 4.78 is 6.34. The molecule has 2 aromatic heterocycles. The molecular formula is C46H26N2O. The molecule has 0 fully saturated rings. The zero-order valence-corrected chi connectivity index (χ0v) is 26.3. The molecule has 11 rings (SSSR count). The van der Waals surface area contributed by atoms with Crippen molar-refractivity contribution in [3.8, 4) is 22.3 Å². The molecule has 9 aromatic carbocycles. The highest BCUT2D eigenvalue weighted by Gasteiger charge is 2.17. The quantitative estimate of drug-likeness (QED) is 0.180. The SMILES string of the molecule is c1cc(-c2ccc3c4ccccc4c4ccccc4c3c2)cc(-c2ccc3oc4nc5c6ccccc6c6ccccc6c5nc4c3c2)c1. The van der Waals surface area contributed by atoms with Crippen molar-refractivity contribution in [2.75, 3.05) is 0 Å². The van der Waals surface area contributed by atoms with Gasteiger partial charge in [0.05, 0.1) is 5.52 Å². The fraction of sp³-hybridized carbons (Fsp3) is 0. The maximum Gasteiger partial charge on any atom is 0.246 e. The summed E-state index contributed by atoms with van der Waals surface area (Å²) >= 11 is 0. The molecule has 0 unspecified atom stereocenters. The van der Waals surface area contributed by atoms with E-state index in [9.17, 15) is 0 Å². The van der Waals surface area contributed by atoms with Crippen LogP contribution in [0.1, 0.15) is 0 Å². The van der Waals surface area contributed by atoms with Crippen molar-refractivity contribution >= 4 is 87.1 Å². The molecule has 3 heteroatoms. The van der Waals surface area contributed by atoms with Crippen molar-refractivity contribution in [1.29, 1.82) is 0 Å². The van der Waals surface area contributed by atoms with Gasteiger partial charge in [-0.25, -0.2) is 9.97 Å². The van der Waals surface area contributed by atoms with E-state index in [-0.39, 0.29) is 0 Å². The maximum absolute atomic E-state index is 6.34. The first-order valence-electron chi connectivity index (χ1n) is 16.7. The second-order valence-corrected chi connectivity index (χ2v) is 12.9. The van der Waals surface area contributed by atoms with E-state index in [4.69, 9.17) is 14.4 Å². The molecule has 3 nitrogen and oxygen atoms in total. The average molecular weight is 623 g/mol. The minimum absolute atomic E-state index is 0.560. The molecule has 0 saturated heterocycles. The zero-order chi connectivity index (χ0) is 32.1. The fourth-order valence-electron chi connectivity index (χ4n) is 7.94. The molecule has 0 amide bonds. The second-order valence-electron chi connectivity index (χ2n) is 12.9. The highest BCUT2D eigenvalue weighted by atomic mass is 16.3. The van der Waals surface area contributed by atoms with E-state index >= 15 is 0 Å². The summed E-state index contributed by atoms with van der Waals surface area (Å²) in [7, 11) is 0. The third kappa shape index (κ3) is 3.84. The van der Waals surface area contributed by atoms with Gasteiger partial charge in [0.25, 0.3) is 0 Å². The molecule has 0 aliphatic rings. The predicted molar refractivity (Wildman–Crippen MR) is 205 cm³/mol. The van der Waals surface area contributed by atoms with Crippen LogP contribution in [0.5, 0.6) is 0 Å². The molecule has 226 valence electrons. The van der Waals surface area contributed by atoms with Gasteiger partial charge in [0.1, 0.15) is 16.6 Å². The van der Waals surface area contributed by atoms with E-state index in [1.807, 2.05) is 0 Å². The van der Waals surface area contributed by atoms with E-state index in [0.717, 1.165) is 49.4 Å². The smallest absolute Gasteiger partial charge is 0.246 e. The Hall–Kier alpha value is -6.58. The minimum atomic E-state index is 0.560. The molecule has 0 aliphatic carbocycles. The fourth-order valence-corrected chi connectivity index (χ4v) is 7.94. The van der Waals surface area contributed by atoms with Gasteiger partial charge < -0.3 is 4.42 Å². The summed E-state index contributed by atoms with van der Waals surface area (Å²) in [6, 6.07) is 56.4. The highest BCUT2D eigenvalue weighted by molar-refractivity contribution is 6.26. The third-order valence-electron chi connectivity index (χ3n) is 10.2. The van der Waals surface area contributed by atoms with Gasteiger partial charge in [-0.05, 0) is 89.6 Å². The Morgan fingerprint density at radius 2 is 0.714 bits per heavy atom. The van der Waals surface area contributed by atoms with Crippen LogP contribution in [-0.4, -0.2) is 9.97 Å². The van der Waals surface area contributed by atoms with Crippen molar-refractivity contribution in [3.63, 3.8) is 0 Å². The lowest BCUT2D eigenvalue weighted by atomic mass is 9.91. The van der Waals surface area contributed by atoms with Crippen molar-refractivity contribution in [1.82, 2.24) is 9.97 Å². The number of rotatable bonds is 2. The van der Waals surface area contributed by atoms with Crippen LogP contribution in [0.4, 0.5) is 0 Å². The zero-order valence-electron chi connectivity index (χ0n) is 26.3. The molecule has 0 atom stereocenters. The molecule has 0 N–H and O–H groups in total. The molecule has 0 saturated carbocycles. The van der Waals surface area contributed by atoms with Crippen LogP contribution >= 0.6 is 0 Å². The van der Waals surface area contributed by atoms with Crippen LogP contribution in [0.2, 0.25) is 0 Å². The molecule has 2 heterocycles. The first kappa shape index (κ1) is 26.5. The number of aromatic nitrogens is 2. The molecule has 49 heavy (non-hydrogen) atoms. The molecular weight excluding hydrogens is 597 g/mol. The Bertz CT molecular complexity index is 3140. The minimum Gasteiger partial charge on any atom is -0.436 e. The van der Waals surface area contributed by atoms with Crippen LogP contribution in [0.3, 0.4) is 0 Å². The van der Waals surface area contributed by atoms with Gasteiger partial charge in [0, 0.05) is 16.2 Å². The number of nitrogens with zero attached hydrogens (tertiary/aromatic N) is 2. The average Bonchev–Trinajstić information content (AvgIpc) is 3.54. The Morgan fingerprint density at radius 1 is 0.286 bits per heavy atom. The lowest BCUT2D eigenvalue weighted by Crippen LogP contribution is -1.89. The Balaban J connectivity index is 1.08. The van der Waals surface area contributed by atoms with Gasteiger partial charge in [-0.15, -0.1) is 0 Å². The van der Waals surface area contributed by atoms with E-state index < -0.39 is 0 Å². The van der Waals surface area contributed by atoms with Crippen molar-refractivity contribution in [2.45, 2.75) is 0 Å². The monoisotopic (exact) mass is 622 g/mol. The predicted octanol–water partition coefficient (Wildman–Crippen LogP) is 12.6. The normalized spacial score (nSPS) is 12.1. The van der Waals surface area contributed by atoms with Gasteiger partial charge >= 0.3 is 0 Å². The second kappa shape index (κ2) is 9.96. The van der Waals surface area contributed by atoms with Crippen molar-refractivity contribution in [3.05, 3.63) is 158 Å². The van der Waals surface area contributed by atoms with Gasteiger partial charge in [-0.2, -0.15) is 0 Å². The Labute approximate surface area is 280 Å². The number of hydrogen-bond donors (Lipinski definition) is 0. The molecule has 0 bridgehead atoms. The molecule has 0 radical (unpaired) electrons. The first-order valence-corrected chi connectivity index (χ1v) is 16.7. The van der Waals surface area contributed by atoms with Crippen molar-refractivity contribution in [2.24, 2.45) is 0 Å². The lowest BCUT2D eigenvalue weighted by molar-refractivity contribution is 0.655. The van der Waals surface area contributed by atoms with Gasteiger partial charge in [0.2, 0.25) is 5.71 Å². The van der Waals surface area contributed by atoms with Crippen LogP contribution in [-0.2, 0) is 0 Å². The summed E-state index contributed by atoms with van der Waals surface area (Å²) in [4.78, 5) is 10.3. The standard InChI is InChI=1S/C46H26N2O/c1-2-14-33-31(12-1)32-13-3-4-17-36(32)40-25-29(20-22-37(33)40)27-10-9-11-28(24-27)30-21-23-42-41(26-30)45-46(49-42)48-44-39-19-8-6-16-35(39)34-15-5-7-18-38(34)43(44)47-45/h1-26H. The molecule has 0 aliphatic heterocycles.